The van der Waals surface area contributed by atoms with Crippen molar-refractivity contribution in [1.29, 1.82) is 0 Å². The Bertz CT molecular complexity index is 1150. The molecule has 0 atom stereocenters. The van der Waals surface area contributed by atoms with Crippen LogP contribution in [0.4, 0.5) is 5.69 Å². The van der Waals surface area contributed by atoms with Crippen LogP contribution in [0.1, 0.15) is 0 Å². The van der Waals surface area contributed by atoms with E-state index < -0.39 is 0 Å². The maximum absolute atomic E-state index is 12.8. The molecule has 29 heavy (non-hydrogen) atoms. The summed E-state index contributed by atoms with van der Waals surface area (Å²) in [7, 11) is 1.52. The van der Waals surface area contributed by atoms with Gasteiger partial charge >= 0.3 is 0 Å². The molecule has 0 spiro atoms. The second kappa shape index (κ2) is 9.35. The van der Waals surface area contributed by atoms with E-state index in [4.69, 9.17) is 27.9 Å². The molecule has 0 saturated carbocycles. The van der Waals surface area contributed by atoms with Gasteiger partial charge in [0.15, 0.2) is 5.16 Å². The molecule has 3 aromatic rings. The quantitative estimate of drug-likeness (QED) is 0.323. The van der Waals surface area contributed by atoms with Gasteiger partial charge in [-0.25, -0.2) is 4.98 Å². The number of thioether (sulfide) groups is 1. The smallest absolute Gasteiger partial charge is 0.262 e. The van der Waals surface area contributed by atoms with Crippen molar-refractivity contribution in [2.75, 3.05) is 18.2 Å². The van der Waals surface area contributed by atoms with Gasteiger partial charge in [0.1, 0.15) is 5.75 Å². The molecule has 150 valence electrons. The molecule has 0 aliphatic rings. The molecule has 2 aromatic carbocycles. The van der Waals surface area contributed by atoms with Crippen molar-refractivity contribution in [3.05, 3.63) is 69.5 Å². The van der Waals surface area contributed by atoms with Crippen LogP contribution in [0, 0.1) is 0 Å². The predicted molar refractivity (Wildman–Crippen MR) is 119 cm³/mol. The highest BCUT2D eigenvalue weighted by molar-refractivity contribution is 7.99. The summed E-state index contributed by atoms with van der Waals surface area (Å²) >= 11 is 13.3. The maximum Gasteiger partial charge on any atom is 0.262 e. The van der Waals surface area contributed by atoms with E-state index in [1.165, 1.54) is 11.7 Å². The fraction of sp³-hybridized carbons (Fsp3) is 0.150. The lowest BCUT2D eigenvalue weighted by Crippen LogP contribution is -2.23. The van der Waals surface area contributed by atoms with E-state index >= 15 is 0 Å². The number of carbonyl (C=O) groups excluding carboxylic acids is 1. The minimum atomic E-state index is -0.262. The molecule has 0 fully saturated rings. The van der Waals surface area contributed by atoms with Crippen molar-refractivity contribution < 1.29 is 9.53 Å². The highest BCUT2D eigenvalue weighted by Crippen LogP contribution is 2.27. The van der Waals surface area contributed by atoms with Crippen molar-refractivity contribution in [1.82, 2.24) is 9.55 Å². The summed E-state index contributed by atoms with van der Waals surface area (Å²) in [6.45, 7) is 3.97. The zero-order chi connectivity index (χ0) is 21.0. The first-order chi connectivity index (χ1) is 13.9. The molecule has 9 heteroatoms. The van der Waals surface area contributed by atoms with Gasteiger partial charge in [-0.05, 0) is 36.4 Å². The number of aromatic nitrogens is 2. The second-order valence-electron chi connectivity index (χ2n) is 5.95. The van der Waals surface area contributed by atoms with Crippen LogP contribution >= 0.6 is 35.0 Å². The molecule has 3 rings (SSSR count). The van der Waals surface area contributed by atoms with E-state index in [-0.39, 0.29) is 23.8 Å². The number of nitrogens with one attached hydrogen (secondary N) is 1. The number of methoxy groups -OCH3 is 1. The molecular weight excluding hydrogens is 433 g/mol. The van der Waals surface area contributed by atoms with E-state index in [1.54, 1.807) is 42.5 Å². The van der Waals surface area contributed by atoms with Crippen molar-refractivity contribution in [3.8, 4) is 5.75 Å². The third-order valence-corrected chi connectivity index (χ3v) is 5.47. The Morgan fingerprint density at radius 3 is 2.79 bits per heavy atom. The molecule has 0 saturated heterocycles. The number of carbonyl (C=O) groups is 1. The lowest BCUT2D eigenvalue weighted by atomic mass is 10.2. The summed E-state index contributed by atoms with van der Waals surface area (Å²) in [5, 5.41) is 4.50. The predicted octanol–water partition coefficient (Wildman–Crippen LogP) is 4.63. The summed E-state index contributed by atoms with van der Waals surface area (Å²) in [5.41, 5.74) is 0.812. The average Bonchev–Trinajstić information content (AvgIpc) is 2.69. The molecule has 0 radical (unpaired) electrons. The zero-order valence-electron chi connectivity index (χ0n) is 15.4. The van der Waals surface area contributed by atoms with Gasteiger partial charge < -0.3 is 10.1 Å². The SMILES string of the molecule is C=CCn1c(SCC(=O)Nc2ccc(OC)c(Cl)c2)nc2cc(Cl)ccc2c1=O. The van der Waals surface area contributed by atoms with Gasteiger partial charge in [0.2, 0.25) is 5.91 Å². The number of halogens is 2. The lowest BCUT2D eigenvalue weighted by Gasteiger charge is -2.12. The van der Waals surface area contributed by atoms with Gasteiger partial charge in [0, 0.05) is 17.3 Å². The van der Waals surface area contributed by atoms with Gasteiger partial charge in [-0.2, -0.15) is 0 Å². The summed E-state index contributed by atoms with van der Waals surface area (Å²) in [6.07, 6.45) is 1.61. The van der Waals surface area contributed by atoms with E-state index in [9.17, 15) is 9.59 Å². The third-order valence-electron chi connectivity index (χ3n) is 3.96. The Morgan fingerprint density at radius 1 is 1.31 bits per heavy atom. The minimum absolute atomic E-state index is 0.0549. The van der Waals surface area contributed by atoms with Gasteiger partial charge in [-0.15, -0.1) is 6.58 Å². The van der Waals surface area contributed by atoms with Crippen molar-refractivity contribution >= 4 is 57.5 Å². The van der Waals surface area contributed by atoms with Gasteiger partial charge in [-0.1, -0.05) is 41.0 Å². The molecule has 1 heterocycles. The summed E-state index contributed by atoms with van der Waals surface area (Å²) < 4.78 is 6.57. The monoisotopic (exact) mass is 449 g/mol. The lowest BCUT2D eigenvalue weighted by molar-refractivity contribution is -0.113. The van der Waals surface area contributed by atoms with E-state index in [2.05, 4.69) is 16.9 Å². The molecular formula is C20H17Cl2N3O3S. The van der Waals surface area contributed by atoms with Crippen LogP contribution in [0.2, 0.25) is 10.0 Å². The summed E-state index contributed by atoms with van der Waals surface area (Å²) in [6, 6.07) is 9.87. The molecule has 0 aliphatic heterocycles. The first-order valence-corrected chi connectivity index (χ1v) is 10.2. The van der Waals surface area contributed by atoms with Gasteiger partial charge in [0.05, 0.1) is 28.8 Å². The van der Waals surface area contributed by atoms with Crippen LogP contribution in [0.3, 0.4) is 0 Å². The first kappa shape index (κ1) is 21.2. The van der Waals surface area contributed by atoms with Crippen LogP contribution in [0.5, 0.6) is 5.75 Å². The molecule has 0 aliphatic carbocycles. The average molecular weight is 450 g/mol. The number of ether oxygens (including phenoxy) is 1. The van der Waals surface area contributed by atoms with Crippen LogP contribution in [-0.4, -0.2) is 28.3 Å². The van der Waals surface area contributed by atoms with E-state index in [0.717, 1.165) is 11.8 Å². The van der Waals surface area contributed by atoms with Crippen LogP contribution < -0.4 is 15.6 Å². The number of benzene rings is 2. The van der Waals surface area contributed by atoms with Gasteiger partial charge in [0.25, 0.3) is 5.56 Å². The van der Waals surface area contributed by atoms with Crippen molar-refractivity contribution in [2.24, 2.45) is 0 Å². The normalized spacial score (nSPS) is 10.7. The Morgan fingerprint density at radius 2 is 2.10 bits per heavy atom. The number of anilines is 1. The number of allylic oxidation sites excluding steroid dienone is 1. The van der Waals surface area contributed by atoms with Crippen molar-refractivity contribution in [2.45, 2.75) is 11.7 Å². The van der Waals surface area contributed by atoms with Crippen LogP contribution in [0.15, 0.2) is 59.0 Å². The highest BCUT2D eigenvalue weighted by Gasteiger charge is 2.13. The van der Waals surface area contributed by atoms with Gasteiger partial charge in [-0.3, -0.25) is 14.2 Å². The standard InChI is InChI=1S/C20H17Cl2N3O3S/c1-3-8-25-19(27)14-6-4-12(21)9-16(14)24-20(25)29-11-18(26)23-13-5-7-17(28-2)15(22)10-13/h3-7,9-10H,1,8,11H2,2H3,(H,23,26). The topological polar surface area (TPSA) is 73.2 Å². The maximum atomic E-state index is 12.8. The number of hydrogen-bond donors (Lipinski definition) is 1. The Balaban J connectivity index is 1.81. The number of fused-ring (bicyclic) bond motifs is 1. The fourth-order valence-electron chi connectivity index (χ4n) is 2.65. The largest absolute Gasteiger partial charge is 0.495 e. The molecule has 0 bridgehead atoms. The minimum Gasteiger partial charge on any atom is -0.495 e. The van der Waals surface area contributed by atoms with Crippen molar-refractivity contribution in [3.63, 3.8) is 0 Å². The zero-order valence-corrected chi connectivity index (χ0v) is 17.8. The molecule has 1 N–H and O–H groups in total. The van der Waals surface area contributed by atoms with E-state index in [1.807, 2.05) is 0 Å². The Kier molecular flexibility index (Phi) is 6.84. The first-order valence-electron chi connectivity index (χ1n) is 8.50. The number of amides is 1. The molecule has 0 unspecified atom stereocenters. The number of nitrogens with zero attached hydrogens (tertiary/aromatic N) is 2. The fourth-order valence-corrected chi connectivity index (χ4v) is 3.88. The molecule has 1 aromatic heterocycles. The molecule has 6 nitrogen and oxygen atoms in total. The molecule has 1 amide bonds. The summed E-state index contributed by atoms with van der Waals surface area (Å²) in [4.78, 5) is 29.6. The number of hydrogen-bond acceptors (Lipinski definition) is 5. The highest BCUT2D eigenvalue weighted by atomic mass is 35.5. The second-order valence-corrected chi connectivity index (χ2v) is 7.73. The van der Waals surface area contributed by atoms with Crippen LogP contribution in [0.25, 0.3) is 10.9 Å². The Hall–Kier alpha value is -2.48. The Labute approximate surface area is 181 Å². The number of rotatable bonds is 7. The third kappa shape index (κ3) is 4.93. The summed E-state index contributed by atoms with van der Waals surface area (Å²) in [5.74, 6) is 0.313. The van der Waals surface area contributed by atoms with E-state index in [0.29, 0.717) is 37.5 Å². The van der Waals surface area contributed by atoms with Crippen LogP contribution in [-0.2, 0) is 11.3 Å².